The van der Waals surface area contributed by atoms with Crippen LogP contribution in [0, 0.1) is 5.82 Å². The maximum absolute atomic E-state index is 13.1. The van der Waals surface area contributed by atoms with Crippen LogP contribution < -0.4 is 10.5 Å². The second-order valence-electron chi connectivity index (χ2n) is 3.28. The lowest BCUT2D eigenvalue weighted by molar-refractivity contribution is -0.0716. The summed E-state index contributed by atoms with van der Waals surface area (Å²) in [4.78, 5) is 0. The number of aliphatic hydroxyl groups excluding tert-OH is 1. The lowest BCUT2D eigenvalue weighted by Crippen LogP contribution is -2.36. The summed E-state index contributed by atoms with van der Waals surface area (Å²) in [7, 11) is 1.26. The summed E-state index contributed by atoms with van der Waals surface area (Å²) in [6.07, 6.45) is 0. The molecule has 90 valence electrons. The maximum atomic E-state index is 13.1. The Kier molecular flexibility index (Phi) is 3.77. The van der Waals surface area contributed by atoms with Crippen molar-refractivity contribution in [3.05, 3.63) is 29.6 Å². The molecule has 16 heavy (non-hydrogen) atoms. The molecule has 0 aliphatic heterocycles. The Morgan fingerprint density at radius 1 is 1.50 bits per heavy atom. The average molecular weight is 235 g/mol. The first-order valence-corrected chi connectivity index (χ1v) is 4.50. The van der Waals surface area contributed by atoms with Gasteiger partial charge >= 0.3 is 0 Å². The molecule has 1 aromatic rings. The molecular weight excluding hydrogens is 223 g/mol. The molecule has 3 N–H and O–H groups in total. The third-order valence-electron chi connectivity index (χ3n) is 2.19. The highest BCUT2D eigenvalue weighted by molar-refractivity contribution is 5.37. The zero-order chi connectivity index (χ0) is 12.3. The van der Waals surface area contributed by atoms with Crippen LogP contribution in [0.3, 0.4) is 0 Å². The van der Waals surface area contributed by atoms with Crippen molar-refractivity contribution in [2.45, 2.75) is 12.0 Å². The highest BCUT2D eigenvalue weighted by Gasteiger charge is 2.38. The van der Waals surface area contributed by atoms with Crippen molar-refractivity contribution in [1.29, 1.82) is 0 Å². The molecule has 0 saturated heterocycles. The number of nitrogens with two attached hydrogens (primary N) is 1. The lowest BCUT2D eigenvalue weighted by Gasteiger charge is -2.23. The predicted octanol–water partition coefficient (Wildman–Crippen LogP) is 1.46. The Balaban J connectivity index is 3.16. The number of hydrogen-bond acceptors (Lipinski definition) is 3. The number of halogens is 3. The molecule has 0 unspecified atom stereocenters. The third-order valence-corrected chi connectivity index (χ3v) is 2.19. The molecule has 1 atom stereocenters. The van der Waals surface area contributed by atoms with Gasteiger partial charge < -0.3 is 15.6 Å². The molecule has 0 radical (unpaired) electrons. The fourth-order valence-electron chi connectivity index (χ4n) is 1.27. The molecule has 6 heteroatoms. The summed E-state index contributed by atoms with van der Waals surface area (Å²) in [6, 6.07) is 1.33. The average Bonchev–Trinajstić information content (AvgIpc) is 2.28. The number of alkyl halides is 2. The van der Waals surface area contributed by atoms with Crippen LogP contribution in [0.15, 0.2) is 18.2 Å². The minimum absolute atomic E-state index is 0.0574. The largest absolute Gasteiger partial charge is 0.496 e. The second-order valence-corrected chi connectivity index (χ2v) is 3.28. The number of aliphatic hydroxyl groups is 1. The quantitative estimate of drug-likeness (QED) is 0.830. The van der Waals surface area contributed by atoms with Gasteiger partial charge in [0.2, 0.25) is 0 Å². The second kappa shape index (κ2) is 4.71. The van der Waals surface area contributed by atoms with Crippen LogP contribution in [0.2, 0.25) is 0 Å². The molecule has 0 bridgehead atoms. The Labute approximate surface area is 90.6 Å². The van der Waals surface area contributed by atoms with Crippen LogP contribution in [-0.4, -0.2) is 24.7 Å². The van der Waals surface area contributed by atoms with Crippen molar-refractivity contribution in [1.82, 2.24) is 0 Å². The van der Waals surface area contributed by atoms with E-state index in [0.29, 0.717) is 0 Å². The van der Waals surface area contributed by atoms with Crippen molar-refractivity contribution < 1.29 is 23.0 Å². The van der Waals surface area contributed by atoms with Crippen molar-refractivity contribution in [3.8, 4) is 5.75 Å². The number of rotatable bonds is 4. The highest BCUT2D eigenvalue weighted by Crippen LogP contribution is 2.34. The minimum Gasteiger partial charge on any atom is -0.496 e. The van der Waals surface area contributed by atoms with Crippen LogP contribution in [0.4, 0.5) is 13.2 Å². The fraction of sp³-hybridized carbons (Fsp3) is 0.400. The number of benzene rings is 1. The van der Waals surface area contributed by atoms with Gasteiger partial charge in [-0.2, -0.15) is 0 Å². The lowest BCUT2D eigenvalue weighted by atomic mass is 10.0. The third kappa shape index (κ3) is 2.45. The monoisotopic (exact) mass is 235 g/mol. The van der Waals surface area contributed by atoms with E-state index in [4.69, 9.17) is 15.6 Å². The molecule has 0 amide bonds. The number of methoxy groups -OCH3 is 1. The Morgan fingerprint density at radius 2 is 2.12 bits per heavy atom. The molecule has 1 rings (SSSR count). The van der Waals surface area contributed by atoms with E-state index in [-0.39, 0.29) is 11.3 Å². The van der Waals surface area contributed by atoms with E-state index < -0.39 is 24.4 Å². The van der Waals surface area contributed by atoms with Crippen molar-refractivity contribution in [2.75, 3.05) is 13.7 Å². The van der Waals surface area contributed by atoms with Gasteiger partial charge in [-0.3, -0.25) is 0 Å². The van der Waals surface area contributed by atoms with Crippen LogP contribution in [0.5, 0.6) is 5.75 Å². The van der Waals surface area contributed by atoms with E-state index in [1.54, 1.807) is 0 Å². The van der Waals surface area contributed by atoms with E-state index in [9.17, 15) is 13.2 Å². The van der Waals surface area contributed by atoms with Gasteiger partial charge in [-0.25, -0.2) is 13.2 Å². The molecule has 0 heterocycles. The minimum atomic E-state index is -3.53. The van der Waals surface area contributed by atoms with E-state index >= 15 is 0 Å². The Bertz CT molecular complexity index is 371. The molecule has 0 aromatic heterocycles. The van der Waals surface area contributed by atoms with Crippen LogP contribution in [0.1, 0.15) is 11.6 Å². The van der Waals surface area contributed by atoms with Gasteiger partial charge in [-0.15, -0.1) is 0 Å². The summed E-state index contributed by atoms with van der Waals surface area (Å²) in [5, 5.41) is 8.49. The molecule has 0 fully saturated rings. The Hall–Kier alpha value is -1.27. The predicted molar refractivity (Wildman–Crippen MR) is 51.9 cm³/mol. The van der Waals surface area contributed by atoms with Crippen LogP contribution >= 0.6 is 0 Å². The van der Waals surface area contributed by atoms with E-state index in [1.807, 2.05) is 0 Å². The summed E-state index contributed by atoms with van der Waals surface area (Å²) in [5.74, 6) is -4.16. The number of ether oxygens (including phenoxy) is 1. The standard InChI is InChI=1S/C10H12F3NO2/c1-16-8-3-2-6(11)4-7(8)9(14)10(12,13)5-15/h2-4,9,15H,5,14H2,1H3/t9-/m0/s1. The van der Waals surface area contributed by atoms with Crippen LogP contribution in [-0.2, 0) is 0 Å². The molecule has 0 spiro atoms. The molecule has 0 aliphatic carbocycles. The van der Waals surface area contributed by atoms with Gasteiger partial charge in [0.25, 0.3) is 5.92 Å². The van der Waals surface area contributed by atoms with Crippen molar-refractivity contribution in [2.24, 2.45) is 5.73 Å². The van der Waals surface area contributed by atoms with Gasteiger partial charge in [-0.05, 0) is 18.2 Å². The normalized spacial score (nSPS) is 13.6. The zero-order valence-corrected chi connectivity index (χ0v) is 8.58. The van der Waals surface area contributed by atoms with Crippen molar-refractivity contribution >= 4 is 0 Å². The fourth-order valence-corrected chi connectivity index (χ4v) is 1.27. The molecule has 1 aromatic carbocycles. The molecule has 0 saturated carbocycles. The van der Waals surface area contributed by atoms with Gasteiger partial charge in [-0.1, -0.05) is 0 Å². The number of hydrogen-bond donors (Lipinski definition) is 2. The van der Waals surface area contributed by atoms with E-state index in [0.717, 1.165) is 12.1 Å². The highest BCUT2D eigenvalue weighted by atomic mass is 19.3. The van der Waals surface area contributed by atoms with E-state index in [1.165, 1.54) is 13.2 Å². The summed E-state index contributed by atoms with van der Waals surface area (Å²) >= 11 is 0. The van der Waals surface area contributed by atoms with Gasteiger partial charge in [0.15, 0.2) is 0 Å². The first-order valence-electron chi connectivity index (χ1n) is 4.50. The summed E-state index contributed by atoms with van der Waals surface area (Å²) in [6.45, 7) is -1.41. The topological polar surface area (TPSA) is 55.5 Å². The van der Waals surface area contributed by atoms with Crippen LogP contribution in [0.25, 0.3) is 0 Å². The van der Waals surface area contributed by atoms with Crippen molar-refractivity contribution in [3.63, 3.8) is 0 Å². The first kappa shape index (κ1) is 12.8. The van der Waals surface area contributed by atoms with Gasteiger partial charge in [0.1, 0.15) is 24.2 Å². The molecule has 3 nitrogen and oxygen atoms in total. The van der Waals surface area contributed by atoms with Gasteiger partial charge in [0, 0.05) is 5.56 Å². The maximum Gasteiger partial charge on any atom is 0.289 e. The zero-order valence-electron chi connectivity index (χ0n) is 8.58. The molecular formula is C10H12F3NO2. The van der Waals surface area contributed by atoms with Gasteiger partial charge in [0.05, 0.1) is 7.11 Å². The summed E-state index contributed by atoms with van der Waals surface area (Å²) < 4.78 is 44.0. The van der Waals surface area contributed by atoms with E-state index in [2.05, 4.69) is 0 Å². The Morgan fingerprint density at radius 3 is 2.62 bits per heavy atom. The first-order chi connectivity index (χ1) is 7.42. The smallest absolute Gasteiger partial charge is 0.289 e. The SMILES string of the molecule is COc1ccc(F)cc1[C@H](N)C(F)(F)CO. The summed E-state index contributed by atoms with van der Waals surface area (Å²) in [5.41, 5.74) is 5.09. The molecule has 0 aliphatic rings.